The lowest BCUT2D eigenvalue weighted by molar-refractivity contribution is 0.0950. The van der Waals surface area contributed by atoms with Crippen LogP contribution < -0.4 is 5.32 Å². The highest BCUT2D eigenvalue weighted by atomic mass is 32.2. The normalized spacial score (nSPS) is 10.4. The number of rotatable bonds is 7. The molecule has 0 aliphatic carbocycles. The van der Waals surface area contributed by atoms with E-state index in [1.807, 2.05) is 0 Å². The number of aryl methyl sites for hydroxylation is 1. The van der Waals surface area contributed by atoms with Gasteiger partial charge in [-0.05, 0) is 18.2 Å². The van der Waals surface area contributed by atoms with Gasteiger partial charge >= 0.3 is 0 Å². The molecule has 1 aromatic rings. The van der Waals surface area contributed by atoms with Crippen molar-refractivity contribution in [3.05, 3.63) is 18.0 Å². The van der Waals surface area contributed by atoms with Crippen molar-refractivity contribution in [1.82, 2.24) is 15.1 Å². The van der Waals surface area contributed by atoms with E-state index in [1.54, 1.807) is 35.8 Å². The zero-order valence-electron chi connectivity index (χ0n) is 9.35. The van der Waals surface area contributed by atoms with Crippen LogP contribution in [0, 0.1) is 0 Å². The lowest BCUT2D eigenvalue weighted by atomic mass is 10.4. The van der Waals surface area contributed by atoms with E-state index >= 15 is 0 Å². The third-order valence-electron chi connectivity index (χ3n) is 1.92. The first-order chi connectivity index (χ1) is 7.74. The molecule has 5 nitrogen and oxygen atoms in total. The highest BCUT2D eigenvalue weighted by Gasteiger charge is 2.06. The van der Waals surface area contributed by atoms with Crippen molar-refractivity contribution in [2.45, 2.75) is 6.42 Å². The van der Waals surface area contributed by atoms with Crippen LogP contribution in [0.1, 0.15) is 16.9 Å². The van der Waals surface area contributed by atoms with Gasteiger partial charge in [-0.15, -0.1) is 0 Å². The maximum atomic E-state index is 11.5. The average Bonchev–Trinajstić information content (AvgIpc) is 2.70. The van der Waals surface area contributed by atoms with Crippen molar-refractivity contribution >= 4 is 17.7 Å². The summed E-state index contributed by atoms with van der Waals surface area (Å²) in [5, 5.41) is 15.4. The summed E-state index contributed by atoms with van der Waals surface area (Å²) >= 11 is 1.72. The summed E-state index contributed by atoms with van der Waals surface area (Å²) in [6, 6.07) is 1.69. The minimum Gasteiger partial charge on any atom is -0.396 e. The minimum atomic E-state index is -0.136. The monoisotopic (exact) mass is 243 g/mol. The fourth-order valence-corrected chi connectivity index (χ4v) is 1.92. The molecule has 0 aliphatic rings. The van der Waals surface area contributed by atoms with Crippen molar-refractivity contribution in [1.29, 1.82) is 0 Å². The van der Waals surface area contributed by atoms with Gasteiger partial charge in [-0.25, -0.2) is 0 Å². The number of aromatic nitrogens is 2. The molecule has 0 saturated heterocycles. The Morgan fingerprint density at radius 2 is 2.44 bits per heavy atom. The molecule has 1 amide bonds. The van der Waals surface area contributed by atoms with E-state index in [1.165, 1.54) is 0 Å². The van der Waals surface area contributed by atoms with Gasteiger partial charge in [-0.2, -0.15) is 16.9 Å². The molecule has 0 radical (unpaired) electrons. The van der Waals surface area contributed by atoms with Gasteiger partial charge in [-0.1, -0.05) is 0 Å². The topological polar surface area (TPSA) is 67.2 Å². The average molecular weight is 243 g/mol. The third kappa shape index (κ3) is 4.67. The second-order valence-corrected chi connectivity index (χ2v) is 4.54. The molecular weight excluding hydrogens is 226 g/mol. The SMILES string of the molecule is Cn1ccc(C(=O)NCCSCCCO)n1. The number of carbonyl (C=O) groups excluding carboxylic acids is 1. The number of nitrogens with zero attached hydrogens (tertiary/aromatic N) is 2. The number of nitrogens with one attached hydrogen (secondary N) is 1. The number of hydrogen-bond donors (Lipinski definition) is 2. The summed E-state index contributed by atoms with van der Waals surface area (Å²) in [5.74, 6) is 1.65. The Morgan fingerprint density at radius 1 is 1.62 bits per heavy atom. The number of aliphatic hydroxyl groups is 1. The molecule has 0 spiro atoms. The van der Waals surface area contributed by atoms with Gasteiger partial charge in [0.15, 0.2) is 0 Å². The van der Waals surface area contributed by atoms with E-state index < -0.39 is 0 Å². The second kappa shape index (κ2) is 7.29. The van der Waals surface area contributed by atoms with E-state index in [0.717, 1.165) is 17.9 Å². The van der Waals surface area contributed by atoms with Crippen LogP contribution in [0.2, 0.25) is 0 Å². The van der Waals surface area contributed by atoms with Gasteiger partial charge in [-0.3, -0.25) is 9.48 Å². The van der Waals surface area contributed by atoms with Crippen LogP contribution in [0.25, 0.3) is 0 Å². The van der Waals surface area contributed by atoms with Crippen LogP contribution in [0.3, 0.4) is 0 Å². The van der Waals surface area contributed by atoms with E-state index in [2.05, 4.69) is 10.4 Å². The predicted molar refractivity (Wildman–Crippen MR) is 64.6 cm³/mol. The fourth-order valence-electron chi connectivity index (χ4n) is 1.13. The Balaban J connectivity index is 2.11. The summed E-state index contributed by atoms with van der Waals surface area (Å²) < 4.78 is 1.60. The summed E-state index contributed by atoms with van der Waals surface area (Å²) in [6.07, 6.45) is 2.55. The summed E-state index contributed by atoms with van der Waals surface area (Å²) in [5.41, 5.74) is 0.447. The molecule has 0 aromatic carbocycles. The standard InChI is InChI=1S/C10H17N3O2S/c1-13-5-3-9(12-13)10(15)11-4-8-16-7-2-6-14/h3,5,14H,2,4,6-8H2,1H3,(H,11,15). The minimum absolute atomic E-state index is 0.136. The van der Waals surface area contributed by atoms with Crippen molar-refractivity contribution in [2.75, 3.05) is 24.7 Å². The van der Waals surface area contributed by atoms with Crippen molar-refractivity contribution in [2.24, 2.45) is 7.05 Å². The predicted octanol–water partition coefficient (Wildman–Crippen LogP) is 0.265. The third-order valence-corrected chi connectivity index (χ3v) is 3.00. The van der Waals surface area contributed by atoms with E-state index in [0.29, 0.717) is 12.2 Å². The number of carbonyl (C=O) groups is 1. The van der Waals surface area contributed by atoms with Crippen LogP contribution in [-0.4, -0.2) is 45.5 Å². The maximum absolute atomic E-state index is 11.5. The van der Waals surface area contributed by atoms with Crippen LogP contribution in [0.4, 0.5) is 0 Å². The summed E-state index contributed by atoms with van der Waals surface area (Å²) in [4.78, 5) is 11.5. The van der Waals surface area contributed by atoms with Gasteiger partial charge < -0.3 is 10.4 Å². The fraction of sp³-hybridized carbons (Fsp3) is 0.600. The molecule has 0 saturated carbocycles. The van der Waals surface area contributed by atoms with E-state index in [-0.39, 0.29) is 12.5 Å². The molecule has 0 unspecified atom stereocenters. The lowest BCUT2D eigenvalue weighted by Crippen LogP contribution is -2.26. The first-order valence-corrected chi connectivity index (χ1v) is 6.36. The van der Waals surface area contributed by atoms with Crippen molar-refractivity contribution in [3.8, 4) is 0 Å². The van der Waals surface area contributed by atoms with Crippen LogP contribution in [0.5, 0.6) is 0 Å². The van der Waals surface area contributed by atoms with Gasteiger partial charge in [0.25, 0.3) is 5.91 Å². The molecular formula is C10H17N3O2S. The molecule has 0 aliphatic heterocycles. The first kappa shape index (κ1) is 13.1. The molecule has 1 heterocycles. The molecule has 0 atom stereocenters. The molecule has 2 N–H and O–H groups in total. The Morgan fingerprint density at radius 3 is 3.06 bits per heavy atom. The lowest BCUT2D eigenvalue weighted by Gasteiger charge is -2.02. The van der Waals surface area contributed by atoms with E-state index in [9.17, 15) is 4.79 Å². The number of hydrogen-bond acceptors (Lipinski definition) is 4. The molecule has 0 bridgehead atoms. The molecule has 90 valence electrons. The maximum Gasteiger partial charge on any atom is 0.271 e. The Labute approximate surface area is 99.2 Å². The number of aliphatic hydroxyl groups excluding tert-OH is 1. The molecule has 6 heteroatoms. The zero-order valence-corrected chi connectivity index (χ0v) is 10.2. The van der Waals surface area contributed by atoms with Gasteiger partial charge in [0, 0.05) is 32.1 Å². The van der Waals surface area contributed by atoms with E-state index in [4.69, 9.17) is 5.11 Å². The van der Waals surface area contributed by atoms with Crippen molar-refractivity contribution < 1.29 is 9.90 Å². The van der Waals surface area contributed by atoms with Crippen LogP contribution >= 0.6 is 11.8 Å². The van der Waals surface area contributed by atoms with Gasteiger partial charge in [0.2, 0.25) is 0 Å². The second-order valence-electron chi connectivity index (χ2n) is 3.32. The first-order valence-electron chi connectivity index (χ1n) is 5.20. The molecule has 1 aromatic heterocycles. The van der Waals surface area contributed by atoms with Crippen molar-refractivity contribution in [3.63, 3.8) is 0 Å². The Bertz CT molecular complexity index is 328. The van der Waals surface area contributed by atoms with Crippen LogP contribution in [0.15, 0.2) is 12.3 Å². The summed E-state index contributed by atoms with van der Waals surface area (Å²) in [7, 11) is 1.78. The Kier molecular flexibility index (Phi) is 5.95. The van der Waals surface area contributed by atoms with Gasteiger partial charge in [0.1, 0.15) is 5.69 Å². The molecule has 1 rings (SSSR count). The largest absolute Gasteiger partial charge is 0.396 e. The molecule has 0 fully saturated rings. The molecule has 16 heavy (non-hydrogen) atoms. The zero-order chi connectivity index (χ0) is 11.8. The smallest absolute Gasteiger partial charge is 0.271 e. The highest BCUT2D eigenvalue weighted by molar-refractivity contribution is 7.99. The van der Waals surface area contributed by atoms with Gasteiger partial charge in [0.05, 0.1) is 0 Å². The highest BCUT2D eigenvalue weighted by Crippen LogP contribution is 2.00. The quantitative estimate of drug-likeness (QED) is 0.674. The Hall–Kier alpha value is -1.01. The summed E-state index contributed by atoms with van der Waals surface area (Å²) in [6.45, 7) is 0.860. The van der Waals surface area contributed by atoms with Crippen LogP contribution in [-0.2, 0) is 7.05 Å². The number of thioether (sulfide) groups is 1. The number of amides is 1.